The van der Waals surface area contributed by atoms with Crippen molar-refractivity contribution >= 4 is 37.7 Å². The molecule has 3 aromatic carbocycles. The number of aromatic amines is 1. The van der Waals surface area contributed by atoms with Crippen LogP contribution in [0.1, 0.15) is 0 Å². The van der Waals surface area contributed by atoms with E-state index in [1.165, 1.54) is 10.8 Å². The molecular formula is C17H11BrN2. The molecule has 4 rings (SSSR count). The summed E-state index contributed by atoms with van der Waals surface area (Å²) in [6.45, 7) is 0. The van der Waals surface area contributed by atoms with Crippen molar-refractivity contribution in [3.8, 4) is 11.4 Å². The van der Waals surface area contributed by atoms with Crippen molar-refractivity contribution in [2.24, 2.45) is 0 Å². The van der Waals surface area contributed by atoms with E-state index in [0.717, 1.165) is 26.9 Å². The molecule has 4 aromatic rings. The zero-order valence-corrected chi connectivity index (χ0v) is 12.2. The molecule has 0 bridgehead atoms. The van der Waals surface area contributed by atoms with Crippen LogP contribution in [0.15, 0.2) is 65.1 Å². The predicted molar refractivity (Wildman–Crippen MR) is 86.7 cm³/mol. The second kappa shape index (κ2) is 4.46. The first-order valence-electron chi connectivity index (χ1n) is 6.44. The summed E-state index contributed by atoms with van der Waals surface area (Å²) in [5.74, 6) is 0.906. The van der Waals surface area contributed by atoms with Crippen LogP contribution in [0.4, 0.5) is 0 Å². The van der Waals surface area contributed by atoms with Crippen LogP contribution in [0.5, 0.6) is 0 Å². The third-order valence-electron chi connectivity index (χ3n) is 3.47. The van der Waals surface area contributed by atoms with Gasteiger partial charge in [0.2, 0.25) is 0 Å². The van der Waals surface area contributed by atoms with Crippen LogP contribution in [-0.4, -0.2) is 9.97 Å². The van der Waals surface area contributed by atoms with Crippen LogP contribution < -0.4 is 0 Å². The third kappa shape index (κ3) is 1.91. The lowest BCUT2D eigenvalue weighted by Gasteiger charge is -2.00. The fourth-order valence-electron chi connectivity index (χ4n) is 2.46. The Bertz CT molecular complexity index is 924. The summed E-state index contributed by atoms with van der Waals surface area (Å²) in [7, 11) is 0. The first kappa shape index (κ1) is 11.7. The van der Waals surface area contributed by atoms with E-state index in [9.17, 15) is 0 Å². The summed E-state index contributed by atoms with van der Waals surface area (Å²) < 4.78 is 1.05. The summed E-state index contributed by atoms with van der Waals surface area (Å²) >= 11 is 3.48. The van der Waals surface area contributed by atoms with E-state index in [-0.39, 0.29) is 0 Å². The van der Waals surface area contributed by atoms with Crippen LogP contribution in [0, 0.1) is 0 Å². The van der Waals surface area contributed by atoms with Gasteiger partial charge in [-0.25, -0.2) is 4.98 Å². The Morgan fingerprint density at radius 1 is 0.850 bits per heavy atom. The average molecular weight is 323 g/mol. The number of nitrogens with zero attached hydrogens (tertiary/aromatic N) is 1. The predicted octanol–water partition coefficient (Wildman–Crippen LogP) is 5.15. The Labute approximate surface area is 124 Å². The normalized spacial score (nSPS) is 11.2. The van der Waals surface area contributed by atoms with Crippen molar-refractivity contribution in [2.45, 2.75) is 0 Å². The molecule has 1 heterocycles. The lowest BCUT2D eigenvalue weighted by atomic mass is 10.1. The van der Waals surface area contributed by atoms with E-state index in [0.29, 0.717) is 0 Å². The fourth-order valence-corrected chi connectivity index (χ4v) is 2.82. The number of hydrogen-bond donors (Lipinski definition) is 1. The van der Waals surface area contributed by atoms with E-state index in [4.69, 9.17) is 0 Å². The molecule has 20 heavy (non-hydrogen) atoms. The topological polar surface area (TPSA) is 28.7 Å². The quantitative estimate of drug-likeness (QED) is 0.516. The van der Waals surface area contributed by atoms with Crippen molar-refractivity contribution < 1.29 is 0 Å². The molecule has 0 saturated heterocycles. The molecule has 0 radical (unpaired) electrons. The molecule has 0 spiro atoms. The number of hydrogen-bond acceptors (Lipinski definition) is 1. The van der Waals surface area contributed by atoms with Gasteiger partial charge in [0.25, 0.3) is 0 Å². The van der Waals surface area contributed by atoms with E-state index >= 15 is 0 Å². The molecule has 0 aliphatic carbocycles. The van der Waals surface area contributed by atoms with Crippen LogP contribution >= 0.6 is 15.9 Å². The number of imidazole rings is 1. The largest absolute Gasteiger partial charge is 0.338 e. The van der Waals surface area contributed by atoms with Gasteiger partial charge in [0.15, 0.2) is 0 Å². The highest BCUT2D eigenvalue weighted by molar-refractivity contribution is 9.10. The van der Waals surface area contributed by atoms with Gasteiger partial charge in [0, 0.05) is 10.0 Å². The first-order chi connectivity index (χ1) is 9.79. The van der Waals surface area contributed by atoms with Gasteiger partial charge in [0.05, 0.1) is 11.0 Å². The molecule has 0 aliphatic heterocycles. The molecule has 2 nitrogen and oxygen atoms in total. The number of nitrogens with one attached hydrogen (secondary N) is 1. The number of H-pyrrole nitrogens is 1. The summed E-state index contributed by atoms with van der Waals surface area (Å²) in [5.41, 5.74) is 3.13. The van der Waals surface area contributed by atoms with Crippen molar-refractivity contribution in [2.75, 3.05) is 0 Å². The molecule has 0 fully saturated rings. The third-order valence-corrected chi connectivity index (χ3v) is 3.96. The Morgan fingerprint density at radius 3 is 2.60 bits per heavy atom. The van der Waals surface area contributed by atoms with Gasteiger partial charge in [-0.1, -0.05) is 52.3 Å². The van der Waals surface area contributed by atoms with Crippen LogP contribution in [-0.2, 0) is 0 Å². The number of halogens is 1. The first-order valence-corrected chi connectivity index (χ1v) is 7.23. The standard InChI is InChI=1S/C17H11BrN2/c18-14-7-8-15-16(10-14)20-17(19-15)13-6-5-11-3-1-2-4-12(11)9-13/h1-10H,(H,19,20). The molecule has 0 atom stereocenters. The van der Waals surface area contributed by atoms with Crippen molar-refractivity contribution in [1.29, 1.82) is 0 Å². The lowest BCUT2D eigenvalue weighted by Crippen LogP contribution is -1.80. The zero-order chi connectivity index (χ0) is 13.5. The number of fused-ring (bicyclic) bond motifs is 2. The van der Waals surface area contributed by atoms with Crippen molar-refractivity contribution in [3.05, 3.63) is 65.1 Å². The Kier molecular flexibility index (Phi) is 2.60. The minimum atomic E-state index is 0.906. The molecule has 1 N–H and O–H groups in total. The van der Waals surface area contributed by atoms with Crippen LogP contribution in [0.3, 0.4) is 0 Å². The molecule has 3 heteroatoms. The summed E-state index contributed by atoms with van der Waals surface area (Å²) in [6.07, 6.45) is 0. The maximum Gasteiger partial charge on any atom is 0.138 e. The molecule has 1 aromatic heterocycles. The van der Waals surface area contributed by atoms with Gasteiger partial charge in [-0.15, -0.1) is 0 Å². The average Bonchev–Trinajstić information content (AvgIpc) is 2.89. The van der Waals surface area contributed by atoms with Gasteiger partial charge < -0.3 is 4.98 Å². The van der Waals surface area contributed by atoms with E-state index in [2.05, 4.69) is 68.4 Å². The van der Waals surface area contributed by atoms with Crippen molar-refractivity contribution in [1.82, 2.24) is 9.97 Å². The number of aromatic nitrogens is 2. The monoisotopic (exact) mass is 322 g/mol. The van der Waals surface area contributed by atoms with Gasteiger partial charge in [-0.3, -0.25) is 0 Å². The Balaban J connectivity index is 1.91. The molecule has 96 valence electrons. The van der Waals surface area contributed by atoms with E-state index < -0.39 is 0 Å². The molecule has 0 saturated carbocycles. The zero-order valence-electron chi connectivity index (χ0n) is 10.6. The summed E-state index contributed by atoms with van der Waals surface area (Å²) in [6, 6.07) is 20.8. The molecule has 0 amide bonds. The molecular weight excluding hydrogens is 312 g/mol. The molecule has 0 unspecified atom stereocenters. The SMILES string of the molecule is Brc1ccc2nc(-c3ccc4ccccc4c3)[nH]c2c1. The Morgan fingerprint density at radius 2 is 1.70 bits per heavy atom. The van der Waals surface area contributed by atoms with Crippen molar-refractivity contribution in [3.63, 3.8) is 0 Å². The van der Waals surface area contributed by atoms with Gasteiger partial charge in [-0.05, 0) is 35.0 Å². The smallest absolute Gasteiger partial charge is 0.138 e. The minimum Gasteiger partial charge on any atom is -0.338 e. The van der Waals surface area contributed by atoms with Gasteiger partial charge >= 0.3 is 0 Å². The highest BCUT2D eigenvalue weighted by Gasteiger charge is 2.06. The van der Waals surface area contributed by atoms with E-state index in [1.54, 1.807) is 0 Å². The molecule has 0 aliphatic rings. The fraction of sp³-hybridized carbons (Fsp3) is 0. The highest BCUT2D eigenvalue weighted by Crippen LogP contribution is 2.25. The maximum atomic E-state index is 4.65. The second-order valence-corrected chi connectivity index (χ2v) is 5.72. The van der Waals surface area contributed by atoms with Crippen LogP contribution in [0.25, 0.3) is 33.2 Å². The van der Waals surface area contributed by atoms with Gasteiger partial charge in [0.1, 0.15) is 5.82 Å². The highest BCUT2D eigenvalue weighted by atomic mass is 79.9. The summed E-state index contributed by atoms with van der Waals surface area (Å²) in [5, 5.41) is 2.47. The number of benzene rings is 3. The minimum absolute atomic E-state index is 0.906. The van der Waals surface area contributed by atoms with E-state index in [1.807, 2.05) is 18.2 Å². The summed E-state index contributed by atoms with van der Waals surface area (Å²) in [4.78, 5) is 8.03. The lowest BCUT2D eigenvalue weighted by molar-refractivity contribution is 1.34. The Hall–Kier alpha value is -2.13. The van der Waals surface area contributed by atoms with Gasteiger partial charge in [-0.2, -0.15) is 0 Å². The second-order valence-electron chi connectivity index (χ2n) is 4.81. The number of rotatable bonds is 1. The van der Waals surface area contributed by atoms with Crippen LogP contribution in [0.2, 0.25) is 0 Å². The maximum absolute atomic E-state index is 4.65.